The fourth-order valence-corrected chi connectivity index (χ4v) is 1.97. The molecule has 0 heterocycles. The number of rotatable bonds is 5. The van der Waals surface area contributed by atoms with Gasteiger partial charge in [0.25, 0.3) is 10.1 Å². The van der Waals surface area contributed by atoms with Crippen molar-refractivity contribution in [1.82, 2.24) is 0 Å². The monoisotopic (exact) mass is 214 g/mol. The van der Waals surface area contributed by atoms with Gasteiger partial charge in [0.05, 0.1) is 20.0 Å². The second kappa shape index (κ2) is 4.40. The molecule has 0 saturated heterocycles. The molecule has 0 atom stereocenters. The maximum absolute atomic E-state index is 11.1. The fraction of sp³-hybridized carbons (Fsp3) is 1.00. The van der Waals surface area contributed by atoms with Crippen LogP contribution >= 0.6 is 7.14 Å². The molecule has 0 rings (SSSR count). The highest BCUT2D eigenvalue weighted by Gasteiger charge is 2.07. The highest BCUT2D eigenvalue weighted by Crippen LogP contribution is 2.36. The fourth-order valence-electron chi connectivity index (χ4n) is 0.656. The van der Waals surface area contributed by atoms with Crippen LogP contribution in [-0.2, 0) is 18.9 Å². The lowest BCUT2D eigenvalue weighted by Crippen LogP contribution is -2.05. The Bertz CT molecular complexity index is 263. The van der Waals surface area contributed by atoms with Crippen molar-refractivity contribution in [2.24, 2.45) is 0 Å². The van der Waals surface area contributed by atoms with E-state index in [1.165, 1.54) is 0 Å². The molecule has 0 aliphatic rings. The summed E-state index contributed by atoms with van der Waals surface area (Å²) in [5.74, 6) is 0. The third-order valence-electron chi connectivity index (χ3n) is 1.14. The van der Waals surface area contributed by atoms with Gasteiger partial charge in [-0.15, -0.1) is 0 Å². The highest BCUT2D eigenvalue weighted by atomic mass is 32.2. The molecule has 12 heavy (non-hydrogen) atoms. The van der Waals surface area contributed by atoms with Gasteiger partial charge in [-0.2, -0.15) is 8.42 Å². The summed E-state index contributed by atoms with van der Waals surface area (Å²) in [6, 6.07) is 0. The average molecular weight is 214 g/mol. The summed E-state index contributed by atoms with van der Waals surface area (Å²) in [5.41, 5.74) is 0. The van der Waals surface area contributed by atoms with E-state index < -0.39 is 17.3 Å². The van der Waals surface area contributed by atoms with Crippen LogP contribution in [0.4, 0.5) is 0 Å². The molecule has 0 unspecified atom stereocenters. The van der Waals surface area contributed by atoms with Crippen LogP contribution in [0.5, 0.6) is 0 Å². The van der Waals surface area contributed by atoms with Crippen LogP contribution in [0.2, 0.25) is 0 Å². The molecule has 0 bridgehead atoms. The van der Waals surface area contributed by atoms with E-state index in [1.807, 2.05) is 0 Å². The van der Waals surface area contributed by atoms with Gasteiger partial charge in [-0.1, -0.05) is 0 Å². The van der Waals surface area contributed by atoms with Gasteiger partial charge in [-0.25, -0.2) is 0 Å². The largest absolute Gasteiger partial charge is 0.324 e. The molecular weight excluding hydrogens is 199 g/mol. The topological polar surface area (TPSA) is 60.4 Å². The van der Waals surface area contributed by atoms with Crippen LogP contribution in [0.3, 0.4) is 0 Å². The summed E-state index contributed by atoms with van der Waals surface area (Å²) >= 11 is 0. The van der Waals surface area contributed by atoms with Gasteiger partial charge in [0, 0.05) is 6.16 Å². The van der Waals surface area contributed by atoms with Crippen molar-refractivity contribution >= 4 is 17.3 Å². The third-order valence-corrected chi connectivity index (χ3v) is 3.13. The second-order valence-electron chi connectivity index (χ2n) is 3.18. The van der Waals surface area contributed by atoms with Gasteiger partial charge in [-0.3, -0.25) is 4.18 Å². The quantitative estimate of drug-likeness (QED) is 0.389. The molecule has 0 aromatic rings. The van der Waals surface area contributed by atoms with Gasteiger partial charge in [0.2, 0.25) is 0 Å². The minimum Gasteiger partial charge on any atom is -0.324 e. The summed E-state index contributed by atoms with van der Waals surface area (Å²) in [6.45, 7) is 3.48. The van der Waals surface area contributed by atoms with E-state index in [0.717, 1.165) is 6.26 Å². The standard InChI is InChI=1S/C6H15O4PS/c1-11(2,7)6-4-5-10-12(3,8)9/h4-6H2,1-3H3. The molecule has 0 saturated carbocycles. The minimum atomic E-state index is -3.33. The Balaban J connectivity index is 3.55. The summed E-state index contributed by atoms with van der Waals surface area (Å²) in [4.78, 5) is 0. The van der Waals surface area contributed by atoms with E-state index in [4.69, 9.17) is 0 Å². The zero-order valence-corrected chi connectivity index (χ0v) is 9.32. The predicted octanol–water partition coefficient (Wildman–Crippen LogP) is 0.975. The van der Waals surface area contributed by atoms with Crippen molar-refractivity contribution < 1.29 is 17.2 Å². The summed E-state index contributed by atoms with van der Waals surface area (Å²) in [5, 5.41) is 0. The molecule has 0 radical (unpaired) electrons. The Labute approximate surface area is 73.8 Å². The van der Waals surface area contributed by atoms with Crippen LogP contribution < -0.4 is 0 Å². The third kappa shape index (κ3) is 10.1. The lowest BCUT2D eigenvalue weighted by atomic mass is 10.5. The van der Waals surface area contributed by atoms with Crippen LogP contribution in [0.1, 0.15) is 6.42 Å². The SMILES string of the molecule is CP(C)(=O)CCCOS(C)(=O)=O. The molecule has 0 fully saturated rings. The summed E-state index contributed by atoms with van der Waals surface area (Å²) in [7, 11) is -5.35. The predicted molar refractivity (Wildman–Crippen MR) is 49.7 cm³/mol. The van der Waals surface area contributed by atoms with Crippen LogP contribution in [0.25, 0.3) is 0 Å². The molecule has 0 aliphatic heterocycles. The molecule has 0 aromatic heterocycles. The van der Waals surface area contributed by atoms with Gasteiger partial charge in [0.1, 0.15) is 0 Å². The smallest absolute Gasteiger partial charge is 0.264 e. The van der Waals surface area contributed by atoms with Crippen molar-refractivity contribution in [3.8, 4) is 0 Å². The maximum Gasteiger partial charge on any atom is 0.264 e. The first-order valence-corrected chi connectivity index (χ1v) is 8.19. The van der Waals surface area contributed by atoms with E-state index >= 15 is 0 Å². The Kier molecular flexibility index (Phi) is 4.45. The number of hydrogen-bond acceptors (Lipinski definition) is 4. The molecular formula is C6H15O4PS. The van der Waals surface area contributed by atoms with Crippen molar-refractivity contribution in [3.05, 3.63) is 0 Å². The molecule has 0 aromatic carbocycles. The van der Waals surface area contributed by atoms with E-state index in [2.05, 4.69) is 4.18 Å². The van der Waals surface area contributed by atoms with Crippen molar-refractivity contribution in [1.29, 1.82) is 0 Å². The molecule has 4 nitrogen and oxygen atoms in total. The molecule has 0 amide bonds. The van der Waals surface area contributed by atoms with Gasteiger partial charge < -0.3 is 4.57 Å². The normalized spacial score (nSPS) is 13.2. The Morgan fingerprint density at radius 2 is 1.83 bits per heavy atom. The van der Waals surface area contributed by atoms with Gasteiger partial charge in [0.15, 0.2) is 0 Å². The van der Waals surface area contributed by atoms with Gasteiger partial charge in [-0.05, 0) is 19.8 Å². The van der Waals surface area contributed by atoms with Gasteiger partial charge >= 0.3 is 0 Å². The van der Waals surface area contributed by atoms with E-state index in [1.54, 1.807) is 13.3 Å². The second-order valence-corrected chi connectivity index (χ2v) is 8.42. The lowest BCUT2D eigenvalue weighted by molar-refractivity contribution is 0.322. The van der Waals surface area contributed by atoms with Crippen molar-refractivity contribution in [2.75, 3.05) is 32.4 Å². The highest BCUT2D eigenvalue weighted by molar-refractivity contribution is 7.85. The molecule has 6 heteroatoms. The Morgan fingerprint density at radius 3 is 2.17 bits per heavy atom. The van der Waals surface area contributed by atoms with Crippen molar-refractivity contribution in [2.45, 2.75) is 6.42 Å². The summed E-state index contributed by atoms with van der Waals surface area (Å²) < 4.78 is 36.5. The zero-order chi connectivity index (χ0) is 9.83. The summed E-state index contributed by atoms with van der Waals surface area (Å²) in [6.07, 6.45) is 2.06. The van der Waals surface area contributed by atoms with Crippen LogP contribution in [0.15, 0.2) is 0 Å². The van der Waals surface area contributed by atoms with E-state index in [-0.39, 0.29) is 6.61 Å². The minimum absolute atomic E-state index is 0.129. The maximum atomic E-state index is 11.1. The molecule has 0 spiro atoms. The Morgan fingerprint density at radius 1 is 1.33 bits per heavy atom. The average Bonchev–Trinajstić information content (AvgIpc) is 1.76. The Hall–Kier alpha value is 0.140. The van der Waals surface area contributed by atoms with E-state index in [9.17, 15) is 13.0 Å². The van der Waals surface area contributed by atoms with E-state index in [0.29, 0.717) is 12.6 Å². The molecule has 0 N–H and O–H groups in total. The van der Waals surface area contributed by atoms with Crippen LogP contribution in [-0.4, -0.2) is 40.8 Å². The molecule has 74 valence electrons. The first kappa shape index (κ1) is 12.1. The zero-order valence-electron chi connectivity index (χ0n) is 7.61. The molecule has 0 aliphatic carbocycles. The van der Waals surface area contributed by atoms with Crippen molar-refractivity contribution in [3.63, 3.8) is 0 Å². The number of hydrogen-bond donors (Lipinski definition) is 0. The first-order valence-electron chi connectivity index (χ1n) is 3.59. The lowest BCUT2D eigenvalue weighted by Gasteiger charge is -2.05. The first-order chi connectivity index (χ1) is 5.21. The van der Waals surface area contributed by atoms with Crippen LogP contribution in [0, 0.1) is 0 Å².